The second-order valence-electron chi connectivity index (χ2n) is 9.32. The summed E-state index contributed by atoms with van der Waals surface area (Å²) in [5.41, 5.74) is 5.25. The summed E-state index contributed by atoms with van der Waals surface area (Å²) in [6.07, 6.45) is 2.79. The molecule has 1 aliphatic rings. The monoisotopic (exact) mass is 514 g/mol. The van der Waals surface area contributed by atoms with E-state index in [1.165, 1.54) is 0 Å². The van der Waals surface area contributed by atoms with Crippen LogP contribution in [0.25, 0.3) is 11.1 Å². The highest BCUT2D eigenvalue weighted by molar-refractivity contribution is 6.02. The third kappa shape index (κ3) is 7.52. The van der Waals surface area contributed by atoms with Gasteiger partial charge in [0.25, 0.3) is 0 Å². The number of aliphatic hydroxyl groups excluding tert-OH is 2. The third-order valence-electron chi connectivity index (χ3n) is 6.60. The molecule has 0 spiro atoms. The Kier molecular flexibility index (Phi) is 9.64. The summed E-state index contributed by atoms with van der Waals surface area (Å²) in [6, 6.07) is 24.5. The van der Waals surface area contributed by atoms with Gasteiger partial charge in [0.1, 0.15) is 0 Å². The fraction of sp³-hybridized carbons (Fsp3) is 0.267. The van der Waals surface area contributed by atoms with Crippen LogP contribution in [0.3, 0.4) is 0 Å². The smallest absolute Gasteiger partial charge is 0.323 e. The lowest BCUT2D eigenvalue weighted by molar-refractivity contribution is -0.110. The molecule has 0 heterocycles. The van der Waals surface area contributed by atoms with E-state index in [0.717, 1.165) is 28.0 Å². The van der Waals surface area contributed by atoms with Crippen LogP contribution in [0.2, 0.25) is 0 Å². The first kappa shape index (κ1) is 27.1. The average Bonchev–Trinajstić information content (AvgIpc) is 2.93. The van der Waals surface area contributed by atoms with E-state index in [-0.39, 0.29) is 6.03 Å². The van der Waals surface area contributed by atoms with Crippen LogP contribution >= 0.6 is 0 Å². The van der Waals surface area contributed by atoms with Crippen molar-refractivity contribution < 1.29 is 19.8 Å². The normalized spacial score (nSPS) is 17.7. The van der Waals surface area contributed by atoms with Gasteiger partial charge in [-0.15, -0.1) is 0 Å². The zero-order chi connectivity index (χ0) is 26.7. The first-order valence-electron chi connectivity index (χ1n) is 12.8. The Labute approximate surface area is 222 Å². The molecule has 3 aromatic carbocycles. The van der Waals surface area contributed by atoms with Crippen LogP contribution in [-0.4, -0.2) is 54.0 Å². The quantitative estimate of drug-likeness (QED) is 0.132. The molecule has 8 heteroatoms. The van der Waals surface area contributed by atoms with Crippen molar-refractivity contribution in [2.45, 2.75) is 37.5 Å². The largest absolute Gasteiger partial charge is 0.391 e. The zero-order valence-corrected chi connectivity index (χ0v) is 21.1. The molecule has 38 heavy (non-hydrogen) atoms. The molecule has 3 atom stereocenters. The molecule has 198 valence electrons. The van der Waals surface area contributed by atoms with Crippen molar-refractivity contribution >= 4 is 23.8 Å². The van der Waals surface area contributed by atoms with Gasteiger partial charge in [-0.25, -0.2) is 4.79 Å². The molecule has 2 unspecified atom stereocenters. The van der Waals surface area contributed by atoms with Crippen LogP contribution in [0.15, 0.2) is 90.5 Å². The Morgan fingerprint density at radius 3 is 2.61 bits per heavy atom. The lowest BCUT2D eigenvalue weighted by Gasteiger charge is -2.28. The van der Waals surface area contributed by atoms with Gasteiger partial charge in [0.15, 0.2) is 0 Å². The Hall–Kier alpha value is -3.98. The predicted octanol–water partition coefficient (Wildman–Crippen LogP) is 3.69. The molecule has 1 aliphatic carbocycles. The Bertz CT molecular complexity index is 1250. The van der Waals surface area contributed by atoms with Gasteiger partial charge < -0.3 is 31.5 Å². The number of nitrogens with one attached hydrogen (secondary N) is 4. The molecule has 0 radical (unpaired) electrons. The molecule has 6 N–H and O–H groups in total. The maximum atomic E-state index is 12.7. The number of anilines is 2. The van der Waals surface area contributed by atoms with Gasteiger partial charge in [0.2, 0.25) is 6.41 Å². The van der Waals surface area contributed by atoms with Gasteiger partial charge in [-0.2, -0.15) is 0 Å². The zero-order valence-electron chi connectivity index (χ0n) is 21.1. The van der Waals surface area contributed by atoms with Gasteiger partial charge >= 0.3 is 6.03 Å². The highest BCUT2D eigenvalue weighted by Gasteiger charge is 2.25. The second-order valence-corrected chi connectivity index (χ2v) is 9.32. The highest BCUT2D eigenvalue weighted by atomic mass is 16.3. The van der Waals surface area contributed by atoms with E-state index in [9.17, 15) is 19.8 Å². The number of hydrogen-bond acceptors (Lipinski definition) is 5. The first-order chi connectivity index (χ1) is 18.5. The number of carbonyl (C=O) groups is 2. The molecule has 0 bridgehead atoms. The minimum atomic E-state index is -0.686. The van der Waals surface area contributed by atoms with Crippen molar-refractivity contribution in [2.75, 3.05) is 23.7 Å². The molecule has 8 nitrogen and oxygen atoms in total. The van der Waals surface area contributed by atoms with Crippen molar-refractivity contribution in [2.24, 2.45) is 0 Å². The molecular formula is C30H34N4O4. The van der Waals surface area contributed by atoms with Crippen LogP contribution in [-0.2, 0) is 11.2 Å². The number of hydrogen-bond donors (Lipinski definition) is 6. The number of benzene rings is 3. The maximum Gasteiger partial charge on any atom is 0.323 e. The van der Waals surface area contributed by atoms with E-state index in [0.29, 0.717) is 44.4 Å². The van der Waals surface area contributed by atoms with Crippen molar-refractivity contribution in [3.63, 3.8) is 0 Å². The van der Waals surface area contributed by atoms with Gasteiger partial charge in [0, 0.05) is 17.8 Å². The SMILES string of the molecule is O=CNC1C=C([C@@H](O)CNCCc2cccc(NC(=O)Nc3ccccc3-c3ccccc3)c2)CCC1O. The Balaban J connectivity index is 1.26. The number of rotatable bonds is 11. The van der Waals surface area contributed by atoms with E-state index in [1.807, 2.05) is 78.9 Å². The Morgan fingerprint density at radius 2 is 1.79 bits per heavy atom. The van der Waals surface area contributed by atoms with Crippen LogP contribution < -0.4 is 21.3 Å². The summed E-state index contributed by atoms with van der Waals surface area (Å²) < 4.78 is 0. The number of carbonyl (C=O) groups excluding carboxylic acids is 2. The molecule has 4 rings (SSSR count). The standard InChI is InChI=1S/C30H34N4O4/c35-20-32-27-18-23(13-14-28(27)36)29(37)19-31-16-15-21-7-6-10-24(17-21)33-30(38)34-26-12-5-4-11-25(26)22-8-2-1-3-9-22/h1-12,17-18,20,27-29,31,36-37H,13-16,19H2,(H,32,35)(H2,33,34,38)/t27?,28?,29-/m0/s1. The number of amides is 3. The lowest BCUT2D eigenvalue weighted by Crippen LogP contribution is -2.42. The third-order valence-corrected chi connectivity index (χ3v) is 6.60. The van der Waals surface area contributed by atoms with Crippen LogP contribution in [0.5, 0.6) is 0 Å². The first-order valence-corrected chi connectivity index (χ1v) is 12.8. The molecule has 0 saturated carbocycles. The van der Waals surface area contributed by atoms with Crippen LogP contribution in [0.4, 0.5) is 16.2 Å². The van der Waals surface area contributed by atoms with E-state index in [4.69, 9.17) is 0 Å². The predicted molar refractivity (Wildman–Crippen MR) is 150 cm³/mol. The van der Waals surface area contributed by atoms with Gasteiger partial charge in [-0.1, -0.05) is 66.7 Å². The topological polar surface area (TPSA) is 123 Å². The van der Waals surface area contributed by atoms with Gasteiger partial charge in [-0.3, -0.25) is 4.79 Å². The van der Waals surface area contributed by atoms with Crippen molar-refractivity contribution in [1.29, 1.82) is 0 Å². The summed E-state index contributed by atoms with van der Waals surface area (Å²) in [5, 5.41) is 32.2. The molecule has 3 amide bonds. The van der Waals surface area contributed by atoms with Crippen molar-refractivity contribution in [3.05, 3.63) is 96.1 Å². The van der Waals surface area contributed by atoms with Crippen molar-refractivity contribution in [3.8, 4) is 11.1 Å². The summed E-state index contributed by atoms with van der Waals surface area (Å²) in [5.74, 6) is 0. The van der Waals surface area contributed by atoms with E-state index in [1.54, 1.807) is 6.08 Å². The van der Waals surface area contributed by atoms with Gasteiger partial charge in [0.05, 0.1) is 23.9 Å². The van der Waals surface area contributed by atoms with E-state index >= 15 is 0 Å². The Morgan fingerprint density at radius 1 is 1.00 bits per heavy atom. The van der Waals surface area contributed by atoms with E-state index in [2.05, 4.69) is 21.3 Å². The number of urea groups is 1. The summed E-state index contributed by atoms with van der Waals surface area (Å²) in [7, 11) is 0. The summed E-state index contributed by atoms with van der Waals surface area (Å²) >= 11 is 0. The van der Waals surface area contributed by atoms with Crippen LogP contribution in [0, 0.1) is 0 Å². The number of para-hydroxylation sites is 1. The average molecular weight is 515 g/mol. The molecule has 0 fully saturated rings. The number of aliphatic hydroxyl groups is 2. The molecule has 3 aromatic rings. The van der Waals surface area contributed by atoms with Crippen LogP contribution in [0.1, 0.15) is 18.4 Å². The molecule has 0 saturated heterocycles. The molecule has 0 aromatic heterocycles. The minimum absolute atomic E-state index is 0.319. The summed E-state index contributed by atoms with van der Waals surface area (Å²) in [6.45, 7) is 1.01. The fourth-order valence-corrected chi connectivity index (χ4v) is 4.59. The maximum absolute atomic E-state index is 12.7. The highest BCUT2D eigenvalue weighted by Crippen LogP contribution is 2.27. The second kappa shape index (κ2) is 13.5. The minimum Gasteiger partial charge on any atom is -0.391 e. The molecule has 0 aliphatic heterocycles. The molecular weight excluding hydrogens is 480 g/mol. The van der Waals surface area contributed by atoms with E-state index < -0.39 is 18.2 Å². The van der Waals surface area contributed by atoms with Crippen molar-refractivity contribution in [1.82, 2.24) is 10.6 Å². The fourth-order valence-electron chi connectivity index (χ4n) is 4.59. The van der Waals surface area contributed by atoms with Gasteiger partial charge in [-0.05, 0) is 60.7 Å². The summed E-state index contributed by atoms with van der Waals surface area (Å²) in [4.78, 5) is 23.5. The lowest BCUT2D eigenvalue weighted by atomic mass is 9.90.